The van der Waals surface area contributed by atoms with Crippen molar-refractivity contribution in [2.75, 3.05) is 0 Å². The molecule has 3 aliphatic rings. The maximum absolute atomic E-state index is 2.38. The second-order valence-electron chi connectivity index (χ2n) is 36.9. The van der Waals surface area contributed by atoms with Gasteiger partial charge < -0.3 is 0 Å². The van der Waals surface area contributed by atoms with Gasteiger partial charge in [0, 0.05) is 86.1 Å². The molecule has 22 aromatic rings. The minimum Gasteiger partial charge on any atom is -0.135 e. The molecule has 3 aliphatic carbocycles. The van der Waals surface area contributed by atoms with Crippen molar-refractivity contribution in [3.05, 3.63) is 510 Å². The second kappa shape index (κ2) is 35.9. The minimum atomic E-state index is -0.273. The first kappa shape index (κ1) is 87.2. The average molecular weight is 1760 g/mol. The molecule has 0 bridgehead atoms. The van der Waals surface area contributed by atoms with E-state index in [1.54, 1.807) is 0 Å². The maximum atomic E-state index is 2.38. The lowest BCUT2D eigenvalue weighted by Gasteiger charge is -2.34. The van der Waals surface area contributed by atoms with E-state index in [2.05, 4.69) is 487 Å². The minimum absolute atomic E-state index is 0.141. The third-order valence-corrected chi connectivity index (χ3v) is 32.2. The predicted octanol–water partition coefficient (Wildman–Crippen LogP) is 36.6. The zero-order valence-corrected chi connectivity index (χ0v) is 81.2. The summed E-state index contributed by atoms with van der Waals surface area (Å²) in [5.41, 5.74) is 40.7. The predicted molar refractivity (Wildman–Crippen MR) is 575 cm³/mol. The molecule has 4 heterocycles. The summed E-state index contributed by atoms with van der Waals surface area (Å²) in [6.45, 7) is 35.3. The molecule has 25 rings (SSSR count). The molecule has 18 aromatic carbocycles. The van der Waals surface area contributed by atoms with E-state index in [-0.39, 0.29) is 16.2 Å². The van der Waals surface area contributed by atoms with Crippen LogP contribution in [0.15, 0.2) is 376 Å². The Morgan fingerprint density at radius 1 is 0.183 bits per heavy atom. The van der Waals surface area contributed by atoms with E-state index in [1.807, 2.05) is 45.3 Å². The van der Waals surface area contributed by atoms with Crippen LogP contribution in [0.2, 0.25) is 0 Å². The fourth-order valence-electron chi connectivity index (χ4n) is 21.2. The Labute approximate surface area is 789 Å². The number of hydrogen-bond acceptors (Lipinski definition) is 4. The normalized spacial score (nSPS) is 12.9. The molecule has 131 heavy (non-hydrogen) atoms. The highest BCUT2D eigenvalue weighted by Gasteiger charge is 2.48. The Balaban J connectivity index is 0.000000101. The third kappa shape index (κ3) is 15.8. The summed E-state index contributed by atoms with van der Waals surface area (Å²) < 4.78 is 11.2. The van der Waals surface area contributed by atoms with Crippen LogP contribution in [0.1, 0.15) is 147 Å². The number of fused-ring (bicyclic) bond motifs is 21. The van der Waals surface area contributed by atoms with Crippen LogP contribution in [-0.2, 0) is 16.2 Å². The zero-order chi connectivity index (χ0) is 90.7. The summed E-state index contributed by atoms with van der Waals surface area (Å²) in [5.74, 6) is 0. The van der Waals surface area contributed by atoms with E-state index in [0.717, 1.165) is 0 Å². The lowest BCUT2D eigenvalue weighted by atomic mass is 9.67. The van der Waals surface area contributed by atoms with E-state index in [4.69, 9.17) is 0 Å². The SMILES string of the molecule is Cc1ccc(C)c2c1-c1ccccc1C2(C)C.Cc1ccc2c(c1)C(c1ccccc1)(c1ccccc1)c1cc(C)ccc1-2.Cc1ccc2c(c1)C(c1ccccc1)(c1ccccc1)c1cccc(C)c1-2.Cc1ccc2c(c1)sc1c(C)cccc12.Cc1ccc2c(c1)sc1cccc(C)c12.Cc1ccc2sc3c(C)cccc3c2c1.Cc1ccc2sc3cccc(C)c3c2c1. The third-order valence-electron chi connectivity index (χ3n) is 27.3. The first-order valence-electron chi connectivity index (χ1n) is 45.9. The molecule has 0 aliphatic heterocycles. The van der Waals surface area contributed by atoms with Crippen LogP contribution >= 0.6 is 45.3 Å². The van der Waals surface area contributed by atoms with E-state index >= 15 is 0 Å². The highest BCUT2D eigenvalue weighted by molar-refractivity contribution is 7.27. The van der Waals surface area contributed by atoms with Gasteiger partial charge in [-0.05, 0) is 285 Å². The molecule has 0 amide bonds. The van der Waals surface area contributed by atoms with Crippen LogP contribution in [0, 0.1) is 96.9 Å². The molecule has 4 heteroatoms. The van der Waals surface area contributed by atoms with Gasteiger partial charge in [-0.25, -0.2) is 0 Å². The van der Waals surface area contributed by atoms with E-state index < -0.39 is 0 Å². The van der Waals surface area contributed by atoms with Gasteiger partial charge in [-0.1, -0.05) is 369 Å². The highest BCUT2D eigenvalue weighted by Crippen LogP contribution is 2.59. The van der Waals surface area contributed by atoms with Gasteiger partial charge >= 0.3 is 0 Å². The van der Waals surface area contributed by atoms with Gasteiger partial charge in [0.25, 0.3) is 0 Å². The summed E-state index contributed by atoms with van der Waals surface area (Å²) in [7, 11) is 0. The van der Waals surface area contributed by atoms with Crippen LogP contribution in [0.5, 0.6) is 0 Å². The quantitative estimate of drug-likeness (QED) is 0.165. The number of aryl methyl sites for hydroxylation is 14. The lowest BCUT2D eigenvalue weighted by Crippen LogP contribution is -2.28. The molecule has 0 saturated carbocycles. The molecule has 0 saturated heterocycles. The first-order valence-corrected chi connectivity index (χ1v) is 49.2. The Hall–Kier alpha value is -13.2. The topological polar surface area (TPSA) is 0 Å². The van der Waals surface area contributed by atoms with Gasteiger partial charge in [0.15, 0.2) is 0 Å². The van der Waals surface area contributed by atoms with Gasteiger partial charge in [0.05, 0.1) is 10.8 Å². The monoisotopic (exact) mass is 1760 g/mol. The van der Waals surface area contributed by atoms with Crippen molar-refractivity contribution in [1.82, 2.24) is 0 Å². The van der Waals surface area contributed by atoms with Gasteiger partial charge in [-0.15, -0.1) is 45.3 Å². The van der Waals surface area contributed by atoms with Crippen molar-refractivity contribution in [2.24, 2.45) is 0 Å². The van der Waals surface area contributed by atoms with Crippen LogP contribution in [0.25, 0.3) is 114 Å². The molecular weight excluding hydrogens is 1650 g/mol. The summed E-state index contributed by atoms with van der Waals surface area (Å²) in [4.78, 5) is 0. The second-order valence-corrected chi connectivity index (χ2v) is 41.2. The zero-order valence-electron chi connectivity index (χ0n) is 77.9. The van der Waals surface area contributed by atoms with E-state index in [1.165, 1.54) is 248 Å². The molecular formula is C127H110S4. The van der Waals surface area contributed by atoms with Crippen LogP contribution in [0.3, 0.4) is 0 Å². The lowest BCUT2D eigenvalue weighted by molar-refractivity contribution is 0.655. The fourth-order valence-corrected chi connectivity index (χ4v) is 26.1. The summed E-state index contributed by atoms with van der Waals surface area (Å²) >= 11 is 7.57. The first-order chi connectivity index (χ1) is 63.5. The highest BCUT2D eigenvalue weighted by atomic mass is 32.1. The molecule has 642 valence electrons. The van der Waals surface area contributed by atoms with E-state index in [0.29, 0.717) is 0 Å². The van der Waals surface area contributed by atoms with Crippen LogP contribution in [0.4, 0.5) is 0 Å². The molecule has 4 aromatic heterocycles. The maximum Gasteiger partial charge on any atom is 0.0713 e. The Morgan fingerprint density at radius 3 is 1.06 bits per heavy atom. The Bertz CT molecular complexity index is 7830. The molecule has 0 spiro atoms. The van der Waals surface area contributed by atoms with Crippen LogP contribution in [-0.4, -0.2) is 0 Å². The average Bonchev–Trinajstić information content (AvgIpc) is 1.53. The molecule has 0 N–H and O–H groups in total. The Kier molecular flexibility index (Phi) is 23.9. The van der Waals surface area contributed by atoms with Crippen molar-refractivity contribution in [3.63, 3.8) is 0 Å². The van der Waals surface area contributed by atoms with Crippen molar-refractivity contribution in [1.29, 1.82) is 0 Å². The standard InChI is InChI=1S/2C27H22.C17H18.4C14H12S/c1-19-16-17-23-25(18-19)27(21-11-5-3-6-12-21,22-13-7-4-8-14-22)24-15-9-10-20(2)26(23)24;1-19-13-15-23-24-16-14-20(2)18-26(24)27(25(23)17-19,21-9-5-3-6-10-21)22-11-7-4-8-12-22;1-11-9-10-12(2)16-15(11)13-7-5-6-8-14(13)17(16,3)4;1-9-6-7-12-11(8-9)14-10(2)4-3-5-13(14)15-12;1-9-6-7-11-13(8-9)15-12-5-3-4-10(2)14(11)12;1-9-6-7-11-12-5-3-4-10(2)14(12)15-13(11)8-9;1-9-6-7-13-12(8-9)11-5-3-4-10(2)14(11)15-13/h2*3-18H,1-2H3;5-10H,1-4H3;4*3-8H,1-2H3. The van der Waals surface area contributed by atoms with Gasteiger partial charge in [-0.2, -0.15) is 0 Å². The number of rotatable bonds is 4. The van der Waals surface area contributed by atoms with Crippen molar-refractivity contribution >= 4 is 126 Å². The molecule has 0 nitrogen and oxygen atoms in total. The summed E-state index contributed by atoms with van der Waals surface area (Å²) in [6.07, 6.45) is 0. The summed E-state index contributed by atoms with van der Waals surface area (Å²) in [5, 5.41) is 11.3. The van der Waals surface area contributed by atoms with Gasteiger partial charge in [0.2, 0.25) is 0 Å². The Morgan fingerprint density at radius 2 is 0.527 bits per heavy atom. The van der Waals surface area contributed by atoms with Crippen LogP contribution < -0.4 is 0 Å². The van der Waals surface area contributed by atoms with E-state index in [9.17, 15) is 0 Å². The van der Waals surface area contributed by atoms with Crippen molar-refractivity contribution < 1.29 is 0 Å². The van der Waals surface area contributed by atoms with Gasteiger partial charge in [-0.3, -0.25) is 0 Å². The molecule has 0 radical (unpaired) electrons. The molecule has 0 unspecified atom stereocenters. The number of thiophene rings is 4. The summed E-state index contributed by atoms with van der Waals surface area (Å²) in [6, 6.07) is 138. The number of hydrogen-bond donors (Lipinski definition) is 0. The van der Waals surface area contributed by atoms with Crippen molar-refractivity contribution in [3.8, 4) is 33.4 Å². The van der Waals surface area contributed by atoms with Crippen molar-refractivity contribution in [2.45, 2.75) is 127 Å². The number of benzene rings is 18. The smallest absolute Gasteiger partial charge is 0.0713 e. The molecule has 0 atom stereocenters. The fraction of sp³-hybridized carbons (Fsp3) is 0.150. The largest absolute Gasteiger partial charge is 0.135 e. The molecule has 0 fully saturated rings. The van der Waals surface area contributed by atoms with Gasteiger partial charge in [0.1, 0.15) is 0 Å².